The van der Waals surface area contributed by atoms with Crippen molar-refractivity contribution in [3.05, 3.63) is 29.8 Å². The quantitative estimate of drug-likeness (QED) is 0.731. The molecule has 8 nitrogen and oxygen atoms in total. The first-order valence-electron chi connectivity index (χ1n) is 9.89. The highest BCUT2D eigenvalue weighted by Gasteiger charge is 2.33. The van der Waals surface area contributed by atoms with Gasteiger partial charge in [-0.2, -0.15) is 0 Å². The standard InChI is InChI=1S/C20H27N3O5S/c1-13-7-6-8-14(2)23(13)20(25)15(3)28-18(24)11-12-21-19-16-9-4-5-10-17(16)29(26,27)22-19/h4-5,9-10,13-15H,6-8,11-12H2,1-3H3,(H,21,22)/t13-,14+,15-/m1/s1. The van der Waals surface area contributed by atoms with E-state index in [0.717, 1.165) is 19.3 Å². The van der Waals surface area contributed by atoms with Crippen LogP contribution < -0.4 is 4.72 Å². The zero-order valence-electron chi connectivity index (χ0n) is 16.9. The third-order valence-electron chi connectivity index (χ3n) is 5.35. The van der Waals surface area contributed by atoms with E-state index in [4.69, 9.17) is 4.74 Å². The van der Waals surface area contributed by atoms with Gasteiger partial charge in [-0.1, -0.05) is 12.1 Å². The van der Waals surface area contributed by atoms with Crippen molar-refractivity contribution in [1.82, 2.24) is 9.62 Å². The number of hydrogen-bond donors (Lipinski definition) is 1. The molecule has 29 heavy (non-hydrogen) atoms. The number of nitrogens with one attached hydrogen (secondary N) is 1. The molecule has 1 N–H and O–H groups in total. The molecule has 1 aromatic carbocycles. The maximum atomic E-state index is 12.7. The number of aliphatic imine (C=N–C) groups is 1. The lowest BCUT2D eigenvalue weighted by Gasteiger charge is -2.40. The predicted molar refractivity (Wildman–Crippen MR) is 108 cm³/mol. The number of amides is 1. The van der Waals surface area contributed by atoms with Crippen molar-refractivity contribution in [1.29, 1.82) is 0 Å². The van der Waals surface area contributed by atoms with Crippen LogP contribution in [0.4, 0.5) is 0 Å². The molecule has 0 aromatic heterocycles. The maximum absolute atomic E-state index is 12.7. The fraction of sp³-hybridized carbons (Fsp3) is 0.550. The summed E-state index contributed by atoms with van der Waals surface area (Å²) in [6.45, 7) is 5.67. The van der Waals surface area contributed by atoms with Crippen LogP contribution in [-0.4, -0.2) is 55.8 Å². The summed E-state index contributed by atoms with van der Waals surface area (Å²) in [6.07, 6.45) is 2.09. The van der Waals surface area contributed by atoms with Gasteiger partial charge < -0.3 is 9.64 Å². The maximum Gasteiger partial charge on any atom is 0.308 e. The molecular formula is C20H27N3O5S. The van der Waals surface area contributed by atoms with E-state index < -0.39 is 22.1 Å². The van der Waals surface area contributed by atoms with Gasteiger partial charge in [-0.25, -0.2) is 8.42 Å². The number of benzene rings is 1. The van der Waals surface area contributed by atoms with Gasteiger partial charge in [0.25, 0.3) is 15.9 Å². The Kier molecular flexibility index (Phi) is 6.26. The van der Waals surface area contributed by atoms with Gasteiger partial charge in [0.05, 0.1) is 17.9 Å². The molecule has 0 aliphatic carbocycles. The number of hydrogen-bond acceptors (Lipinski definition) is 6. The monoisotopic (exact) mass is 421 g/mol. The molecule has 0 radical (unpaired) electrons. The van der Waals surface area contributed by atoms with E-state index in [1.165, 1.54) is 6.07 Å². The zero-order chi connectivity index (χ0) is 21.2. The van der Waals surface area contributed by atoms with Crippen LogP contribution >= 0.6 is 0 Å². The summed E-state index contributed by atoms with van der Waals surface area (Å²) < 4.78 is 31.8. The first-order valence-corrected chi connectivity index (χ1v) is 11.4. The van der Waals surface area contributed by atoms with Crippen LogP contribution in [0.3, 0.4) is 0 Å². The largest absolute Gasteiger partial charge is 0.452 e. The molecule has 0 saturated carbocycles. The molecule has 0 bridgehead atoms. The van der Waals surface area contributed by atoms with E-state index in [-0.39, 0.29) is 41.7 Å². The second-order valence-electron chi connectivity index (χ2n) is 7.59. The number of carbonyl (C=O) groups is 2. The molecule has 0 spiro atoms. The van der Waals surface area contributed by atoms with Crippen LogP contribution in [0.2, 0.25) is 0 Å². The topological polar surface area (TPSA) is 105 Å². The number of ether oxygens (including phenoxy) is 1. The molecule has 3 atom stereocenters. The lowest BCUT2D eigenvalue weighted by molar-refractivity contribution is -0.162. The Morgan fingerprint density at radius 2 is 1.90 bits per heavy atom. The molecule has 1 fully saturated rings. The molecule has 1 amide bonds. The molecule has 9 heteroatoms. The lowest BCUT2D eigenvalue weighted by atomic mass is 9.97. The zero-order valence-corrected chi connectivity index (χ0v) is 17.7. The molecule has 0 unspecified atom stereocenters. The molecule has 2 aliphatic rings. The van der Waals surface area contributed by atoms with Gasteiger partial charge >= 0.3 is 5.97 Å². The molecule has 1 saturated heterocycles. The summed E-state index contributed by atoms with van der Waals surface area (Å²) in [7, 11) is -3.61. The summed E-state index contributed by atoms with van der Waals surface area (Å²) in [5.74, 6) is -0.503. The Morgan fingerprint density at radius 3 is 2.59 bits per heavy atom. The minimum absolute atomic E-state index is 0.0455. The molecule has 1 aromatic rings. The van der Waals surface area contributed by atoms with E-state index in [2.05, 4.69) is 9.71 Å². The summed E-state index contributed by atoms with van der Waals surface area (Å²) >= 11 is 0. The van der Waals surface area contributed by atoms with Crippen molar-refractivity contribution in [3.63, 3.8) is 0 Å². The summed E-state index contributed by atoms with van der Waals surface area (Å²) in [4.78, 5) is 31.0. The Morgan fingerprint density at radius 1 is 1.24 bits per heavy atom. The van der Waals surface area contributed by atoms with E-state index in [1.54, 1.807) is 25.1 Å². The highest BCUT2D eigenvalue weighted by atomic mass is 32.2. The van der Waals surface area contributed by atoms with Crippen LogP contribution in [0.1, 0.15) is 52.0 Å². The second kappa shape index (κ2) is 8.52. The van der Waals surface area contributed by atoms with Crippen LogP contribution in [0.15, 0.2) is 34.2 Å². The fourth-order valence-electron chi connectivity index (χ4n) is 3.88. The van der Waals surface area contributed by atoms with Gasteiger partial charge in [0.1, 0.15) is 5.84 Å². The van der Waals surface area contributed by atoms with E-state index in [9.17, 15) is 18.0 Å². The SMILES string of the molecule is C[C@@H]1CCC[C@H](C)N1C(=O)[C@@H](C)OC(=O)CCN=C1NS(=O)(=O)c2ccccc21. The highest BCUT2D eigenvalue weighted by Crippen LogP contribution is 2.24. The minimum Gasteiger partial charge on any atom is -0.452 e. The van der Waals surface area contributed by atoms with Crippen LogP contribution in [-0.2, 0) is 24.3 Å². The summed E-state index contributed by atoms with van der Waals surface area (Å²) in [6, 6.07) is 6.79. The van der Waals surface area contributed by atoms with Crippen LogP contribution in [0.5, 0.6) is 0 Å². The van der Waals surface area contributed by atoms with E-state index >= 15 is 0 Å². The number of carbonyl (C=O) groups excluding carboxylic acids is 2. The van der Waals surface area contributed by atoms with E-state index in [1.807, 2.05) is 18.7 Å². The minimum atomic E-state index is -3.61. The van der Waals surface area contributed by atoms with Crippen molar-refractivity contribution in [2.24, 2.45) is 4.99 Å². The van der Waals surface area contributed by atoms with E-state index in [0.29, 0.717) is 5.56 Å². The average molecular weight is 422 g/mol. The van der Waals surface area contributed by atoms with Gasteiger partial charge in [-0.15, -0.1) is 0 Å². The molecular weight excluding hydrogens is 394 g/mol. The van der Waals surface area contributed by atoms with Crippen molar-refractivity contribution >= 4 is 27.7 Å². The number of sulfonamides is 1. The van der Waals surface area contributed by atoms with Gasteiger partial charge in [0, 0.05) is 17.6 Å². The Labute approximate surface area is 171 Å². The van der Waals surface area contributed by atoms with Gasteiger partial charge in [-0.05, 0) is 52.2 Å². The average Bonchev–Trinajstić information content (AvgIpc) is 2.92. The van der Waals surface area contributed by atoms with Crippen molar-refractivity contribution < 1.29 is 22.7 Å². The number of likely N-dealkylation sites (tertiary alicyclic amines) is 1. The van der Waals surface area contributed by atoms with Crippen molar-refractivity contribution in [2.75, 3.05) is 6.54 Å². The molecule has 158 valence electrons. The Balaban J connectivity index is 1.55. The normalized spacial score (nSPS) is 25.2. The number of amidine groups is 1. The first-order chi connectivity index (χ1) is 13.7. The number of esters is 1. The van der Waals surface area contributed by atoms with Gasteiger partial charge in [0.2, 0.25) is 0 Å². The van der Waals surface area contributed by atoms with Gasteiger partial charge in [0.15, 0.2) is 6.10 Å². The Bertz CT molecular complexity index is 918. The summed E-state index contributed by atoms with van der Waals surface area (Å²) in [5.41, 5.74) is 0.484. The third kappa shape index (κ3) is 4.60. The van der Waals surface area contributed by atoms with Crippen molar-refractivity contribution in [2.45, 2.75) is 69.5 Å². The smallest absolute Gasteiger partial charge is 0.308 e. The first kappa shape index (κ1) is 21.3. The number of fused-ring (bicyclic) bond motifs is 1. The molecule has 2 heterocycles. The predicted octanol–water partition coefficient (Wildman–Crippen LogP) is 1.84. The van der Waals surface area contributed by atoms with Gasteiger partial charge in [-0.3, -0.25) is 19.3 Å². The van der Waals surface area contributed by atoms with Crippen LogP contribution in [0.25, 0.3) is 0 Å². The number of nitrogens with zero attached hydrogens (tertiary/aromatic N) is 2. The highest BCUT2D eigenvalue weighted by molar-refractivity contribution is 7.90. The third-order valence-corrected chi connectivity index (χ3v) is 6.75. The number of rotatable bonds is 5. The molecule has 2 aliphatic heterocycles. The Hall–Kier alpha value is -2.42. The second-order valence-corrected chi connectivity index (χ2v) is 9.24. The lowest BCUT2D eigenvalue weighted by Crippen LogP contribution is -2.51. The number of piperidine rings is 1. The molecule has 3 rings (SSSR count). The van der Waals surface area contributed by atoms with Crippen LogP contribution in [0, 0.1) is 0 Å². The summed E-state index contributed by atoms with van der Waals surface area (Å²) in [5, 5.41) is 0. The van der Waals surface area contributed by atoms with Crippen molar-refractivity contribution in [3.8, 4) is 0 Å². The fourth-order valence-corrected chi connectivity index (χ4v) is 5.13.